The molecule has 2 atom stereocenters. The zero-order valence-corrected chi connectivity index (χ0v) is 14.4. The van der Waals surface area contributed by atoms with Gasteiger partial charge in [-0.2, -0.15) is 5.10 Å². The van der Waals surface area contributed by atoms with Crippen molar-refractivity contribution >= 4 is 43.5 Å². The summed E-state index contributed by atoms with van der Waals surface area (Å²) < 4.78 is 7.77. The van der Waals surface area contributed by atoms with Crippen LogP contribution in [0.25, 0.3) is 0 Å². The maximum absolute atomic E-state index is 12.5. The van der Waals surface area contributed by atoms with Crippen molar-refractivity contribution in [1.82, 2.24) is 5.01 Å². The summed E-state index contributed by atoms with van der Waals surface area (Å²) in [5, 5.41) is 5.99. The van der Waals surface area contributed by atoms with Crippen molar-refractivity contribution in [1.29, 1.82) is 0 Å². The molecule has 0 aromatic heterocycles. The SMILES string of the molecule is CCC1Oc2c(Br)cc(Br)cc2C2CC(C)=NN2C1=O. The van der Waals surface area contributed by atoms with Gasteiger partial charge in [-0.3, -0.25) is 4.79 Å². The molecule has 0 N–H and O–H groups in total. The third kappa shape index (κ3) is 2.19. The highest BCUT2D eigenvalue weighted by Gasteiger charge is 2.40. The van der Waals surface area contributed by atoms with Crippen LogP contribution in [0.4, 0.5) is 0 Å². The van der Waals surface area contributed by atoms with E-state index in [0.29, 0.717) is 6.42 Å². The van der Waals surface area contributed by atoms with Crippen LogP contribution in [0.3, 0.4) is 0 Å². The Labute approximate surface area is 134 Å². The number of carbonyl (C=O) groups excluding carboxylic acids is 1. The molecule has 1 aromatic carbocycles. The summed E-state index contributed by atoms with van der Waals surface area (Å²) >= 11 is 7.03. The Morgan fingerprint density at radius 3 is 2.90 bits per heavy atom. The molecule has 1 amide bonds. The minimum absolute atomic E-state index is 0.0615. The van der Waals surface area contributed by atoms with Crippen molar-refractivity contribution < 1.29 is 9.53 Å². The quantitative estimate of drug-likeness (QED) is 0.712. The summed E-state index contributed by atoms with van der Waals surface area (Å²) in [6.45, 7) is 3.90. The Morgan fingerprint density at radius 1 is 1.45 bits per heavy atom. The number of nitrogens with zero attached hydrogens (tertiary/aromatic N) is 2. The molecule has 4 nitrogen and oxygen atoms in total. The van der Waals surface area contributed by atoms with Crippen LogP contribution in [-0.4, -0.2) is 22.7 Å². The molecule has 2 unspecified atom stereocenters. The van der Waals surface area contributed by atoms with E-state index in [-0.39, 0.29) is 11.9 Å². The number of ether oxygens (including phenoxy) is 1. The topological polar surface area (TPSA) is 41.9 Å². The predicted molar refractivity (Wildman–Crippen MR) is 83.9 cm³/mol. The van der Waals surface area contributed by atoms with E-state index >= 15 is 0 Å². The number of rotatable bonds is 1. The molecule has 2 aliphatic rings. The van der Waals surface area contributed by atoms with Crippen molar-refractivity contribution in [2.45, 2.75) is 38.8 Å². The van der Waals surface area contributed by atoms with E-state index in [9.17, 15) is 4.79 Å². The lowest BCUT2D eigenvalue weighted by Crippen LogP contribution is -2.36. The first-order chi connectivity index (χ1) is 9.51. The summed E-state index contributed by atoms with van der Waals surface area (Å²) in [5.74, 6) is 0.694. The molecule has 106 valence electrons. The molecule has 0 radical (unpaired) electrons. The average molecular weight is 402 g/mol. The van der Waals surface area contributed by atoms with E-state index < -0.39 is 6.10 Å². The number of hydrogen-bond acceptors (Lipinski definition) is 3. The van der Waals surface area contributed by atoms with Gasteiger partial charge in [0.05, 0.1) is 10.5 Å². The van der Waals surface area contributed by atoms with E-state index in [2.05, 4.69) is 37.0 Å². The fourth-order valence-electron chi connectivity index (χ4n) is 2.66. The predicted octanol–water partition coefficient (Wildman–Crippen LogP) is 4.03. The van der Waals surface area contributed by atoms with Crippen LogP contribution in [0.2, 0.25) is 0 Å². The van der Waals surface area contributed by atoms with Crippen molar-refractivity contribution in [3.8, 4) is 5.75 Å². The Kier molecular flexibility index (Phi) is 3.62. The van der Waals surface area contributed by atoms with Crippen LogP contribution in [0.1, 0.15) is 38.3 Å². The second-order valence-electron chi connectivity index (χ2n) is 5.06. The zero-order valence-electron chi connectivity index (χ0n) is 11.2. The fraction of sp³-hybridized carbons (Fsp3) is 0.429. The maximum Gasteiger partial charge on any atom is 0.284 e. The molecule has 2 aliphatic heterocycles. The Hall–Kier alpha value is -0.880. The van der Waals surface area contributed by atoms with Gasteiger partial charge in [0, 0.05) is 22.2 Å². The molecular formula is C14H14Br2N2O2. The first-order valence-electron chi connectivity index (χ1n) is 6.54. The average Bonchev–Trinajstić information content (AvgIpc) is 2.74. The number of hydrazone groups is 1. The summed E-state index contributed by atoms with van der Waals surface area (Å²) in [6, 6.07) is 3.88. The summed E-state index contributed by atoms with van der Waals surface area (Å²) in [4.78, 5) is 12.5. The molecular weight excluding hydrogens is 388 g/mol. The number of benzene rings is 1. The fourth-order valence-corrected chi connectivity index (χ4v) is 4.01. The summed E-state index contributed by atoms with van der Waals surface area (Å²) in [5.41, 5.74) is 1.97. The Bertz CT molecular complexity index is 615. The van der Waals surface area contributed by atoms with Gasteiger partial charge in [-0.05, 0) is 41.4 Å². The van der Waals surface area contributed by atoms with Gasteiger partial charge >= 0.3 is 0 Å². The Morgan fingerprint density at radius 2 is 2.20 bits per heavy atom. The smallest absolute Gasteiger partial charge is 0.284 e. The normalized spacial score (nSPS) is 24.7. The van der Waals surface area contributed by atoms with E-state index in [0.717, 1.165) is 32.4 Å². The Balaban J connectivity index is 2.17. The lowest BCUT2D eigenvalue weighted by molar-refractivity contribution is -0.139. The lowest BCUT2D eigenvalue weighted by atomic mass is 10.0. The largest absolute Gasteiger partial charge is 0.479 e. The van der Waals surface area contributed by atoms with Gasteiger partial charge in [-0.1, -0.05) is 22.9 Å². The van der Waals surface area contributed by atoms with Crippen LogP contribution in [0.5, 0.6) is 5.75 Å². The molecule has 0 fully saturated rings. The van der Waals surface area contributed by atoms with Crippen LogP contribution in [0, 0.1) is 0 Å². The molecule has 0 spiro atoms. The number of carbonyl (C=O) groups is 1. The minimum Gasteiger partial charge on any atom is -0.479 e. The molecule has 3 rings (SSSR count). The van der Waals surface area contributed by atoms with Gasteiger partial charge in [-0.25, -0.2) is 5.01 Å². The third-order valence-electron chi connectivity index (χ3n) is 3.59. The van der Waals surface area contributed by atoms with E-state index in [1.165, 1.54) is 0 Å². The second-order valence-corrected chi connectivity index (χ2v) is 6.83. The van der Waals surface area contributed by atoms with Crippen molar-refractivity contribution in [3.05, 3.63) is 26.6 Å². The highest BCUT2D eigenvalue weighted by molar-refractivity contribution is 9.11. The number of halogens is 2. The third-order valence-corrected chi connectivity index (χ3v) is 4.64. The van der Waals surface area contributed by atoms with Crippen LogP contribution in [0.15, 0.2) is 26.2 Å². The first kappa shape index (κ1) is 14.1. The van der Waals surface area contributed by atoms with E-state index in [1.807, 2.05) is 26.0 Å². The van der Waals surface area contributed by atoms with Gasteiger partial charge in [0.2, 0.25) is 0 Å². The van der Waals surface area contributed by atoms with Gasteiger partial charge in [0.25, 0.3) is 5.91 Å². The molecule has 0 aliphatic carbocycles. The second kappa shape index (κ2) is 5.15. The van der Waals surface area contributed by atoms with E-state index in [1.54, 1.807) is 5.01 Å². The van der Waals surface area contributed by atoms with Crippen molar-refractivity contribution in [3.63, 3.8) is 0 Å². The zero-order chi connectivity index (χ0) is 14.4. The van der Waals surface area contributed by atoms with Crippen molar-refractivity contribution in [2.75, 3.05) is 0 Å². The molecule has 20 heavy (non-hydrogen) atoms. The molecule has 1 aromatic rings. The highest BCUT2D eigenvalue weighted by Crippen LogP contribution is 2.44. The van der Waals surface area contributed by atoms with Crippen LogP contribution < -0.4 is 4.74 Å². The highest BCUT2D eigenvalue weighted by atomic mass is 79.9. The van der Waals surface area contributed by atoms with Gasteiger partial charge in [0.1, 0.15) is 5.75 Å². The minimum atomic E-state index is -0.481. The summed E-state index contributed by atoms with van der Waals surface area (Å²) in [7, 11) is 0. The molecule has 6 heteroatoms. The number of fused-ring (bicyclic) bond motifs is 3. The molecule has 2 heterocycles. The van der Waals surface area contributed by atoms with Crippen LogP contribution >= 0.6 is 31.9 Å². The maximum atomic E-state index is 12.5. The van der Waals surface area contributed by atoms with Crippen molar-refractivity contribution in [2.24, 2.45) is 5.10 Å². The molecule has 0 saturated heterocycles. The van der Waals surface area contributed by atoms with Gasteiger partial charge < -0.3 is 4.74 Å². The lowest BCUT2D eigenvalue weighted by Gasteiger charge is -2.20. The number of amides is 1. The molecule has 0 saturated carbocycles. The monoisotopic (exact) mass is 400 g/mol. The van der Waals surface area contributed by atoms with Gasteiger partial charge in [-0.15, -0.1) is 0 Å². The first-order valence-corrected chi connectivity index (χ1v) is 8.12. The summed E-state index contributed by atoms with van der Waals surface area (Å²) in [6.07, 6.45) is 0.894. The standard InChI is InChI=1S/C14H14Br2N2O2/c1-3-12-14(19)18-11(4-7(2)17-18)9-5-8(15)6-10(16)13(9)20-12/h5-6,11-12H,3-4H2,1-2H3. The van der Waals surface area contributed by atoms with E-state index in [4.69, 9.17) is 4.74 Å². The van der Waals surface area contributed by atoms with Gasteiger partial charge in [0.15, 0.2) is 6.10 Å². The number of hydrogen-bond donors (Lipinski definition) is 0. The van der Waals surface area contributed by atoms with Crippen LogP contribution in [-0.2, 0) is 4.79 Å². The molecule has 0 bridgehead atoms.